The molecule has 0 bridgehead atoms. The van der Waals surface area contributed by atoms with Gasteiger partial charge < -0.3 is 9.47 Å². The van der Waals surface area contributed by atoms with Crippen LogP contribution in [0.15, 0.2) is 35.2 Å². The molecule has 2 aromatic carbocycles. The standard InChI is InChI=1S/C23H22Cl3NO4S/c1-4-13(3)27-22(28)20(32-23(27)29)11-15-9-18(26)21(19(10-15)30-5-2)31-12-14-6-7-16(24)17(25)8-14/h6-11,13H,4-5,12H2,1-3H3/b20-11+/t13-/m0/s1. The lowest BCUT2D eigenvalue weighted by Gasteiger charge is -2.19. The fraction of sp³-hybridized carbons (Fsp3) is 0.304. The third kappa shape index (κ3) is 5.54. The van der Waals surface area contributed by atoms with Crippen molar-refractivity contribution in [3.8, 4) is 11.5 Å². The highest BCUT2D eigenvalue weighted by molar-refractivity contribution is 8.18. The van der Waals surface area contributed by atoms with Crippen LogP contribution < -0.4 is 9.47 Å². The van der Waals surface area contributed by atoms with Crippen LogP contribution in [0.4, 0.5) is 4.79 Å². The Labute approximate surface area is 206 Å². The number of benzene rings is 2. The van der Waals surface area contributed by atoms with Gasteiger partial charge in [0.05, 0.1) is 26.6 Å². The first-order valence-corrected chi connectivity index (χ1v) is 12.0. The summed E-state index contributed by atoms with van der Waals surface area (Å²) in [5, 5.41) is 0.952. The minimum absolute atomic E-state index is 0.159. The molecule has 3 rings (SSSR count). The molecule has 0 N–H and O–H groups in total. The molecule has 0 saturated carbocycles. The van der Waals surface area contributed by atoms with Crippen molar-refractivity contribution in [3.63, 3.8) is 0 Å². The molecule has 2 aromatic rings. The second-order valence-electron chi connectivity index (χ2n) is 7.11. The Morgan fingerprint density at radius 2 is 1.78 bits per heavy atom. The highest BCUT2D eigenvalue weighted by Crippen LogP contribution is 2.40. The van der Waals surface area contributed by atoms with Crippen LogP contribution in [0.1, 0.15) is 38.3 Å². The molecule has 0 aromatic heterocycles. The molecule has 0 spiro atoms. The third-order valence-corrected chi connectivity index (χ3v) is 6.76. The van der Waals surface area contributed by atoms with Gasteiger partial charge in [-0.3, -0.25) is 14.5 Å². The largest absolute Gasteiger partial charge is 0.490 e. The van der Waals surface area contributed by atoms with Gasteiger partial charge in [-0.05, 0) is 73.5 Å². The zero-order chi connectivity index (χ0) is 23.4. The van der Waals surface area contributed by atoms with Crippen LogP contribution >= 0.6 is 46.6 Å². The smallest absolute Gasteiger partial charge is 0.293 e. The van der Waals surface area contributed by atoms with E-state index in [0.29, 0.717) is 50.1 Å². The molecular formula is C23H22Cl3NO4S. The Balaban J connectivity index is 1.87. The maximum Gasteiger partial charge on any atom is 0.293 e. The van der Waals surface area contributed by atoms with E-state index in [1.165, 1.54) is 4.90 Å². The number of hydrogen-bond donors (Lipinski definition) is 0. The fourth-order valence-corrected chi connectivity index (χ4v) is 4.58. The summed E-state index contributed by atoms with van der Waals surface area (Å²) in [5.41, 5.74) is 1.45. The minimum atomic E-state index is -0.302. The first kappa shape index (κ1) is 24.8. The quantitative estimate of drug-likeness (QED) is 0.342. The lowest BCUT2D eigenvalue weighted by molar-refractivity contribution is -0.124. The van der Waals surface area contributed by atoms with E-state index in [-0.39, 0.29) is 23.8 Å². The molecule has 1 aliphatic rings. The van der Waals surface area contributed by atoms with Crippen molar-refractivity contribution < 1.29 is 19.1 Å². The fourth-order valence-electron chi connectivity index (χ4n) is 3.05. The lowest BCUT2D eigenvalue weighted by Crippen LogP contribution is -2.36. The summed E-state index contributed by atoms with van der Waals surface area (Å²) in [6.07, 6.45) is 2.33. The van der Waals surface area contributed by atoms with Crippen molar-refractivity contribution in [3.05, 3.63) is 61.4 Å². The van der Waals surface area contributed by atoms with Crippen LogP contribution in [0.5, 0.6) is 11.5 Å². The molecular weight excluding hydrogens is 493 g/mol. The van der Waals surface area contributed by atoms with E-state index < -0.39 is 0 Å². The molecule has 170 valence electrons. The number of carbonyl (C=O) groups excluding carboxylic acids is 2. The van der Waals surface area contributed by atoms with Crippen LogP contribution in [0.2, 0.25) is 15.1 Å². The Bertz CT molecular complexity index is 1070. The molecule has 1 atom stereocenters. The number of imide groups is 1. The summed E-state index contributed by atoms with van der Waals surface area (Å²) in [5.74, 6) is 0.514. The van der Waals surface area contributed by atoms with Crippen molar-refractivity contribution in [2.75, 3.05) is 6.61 Å². The van der Waals surface area contributed by atoms with Crippen LogP contribution in [0.25, 0.3) is 6.08 Å². The van der Waals surface area contributed by atoms with Gasteiger partial charge in [-0.1, -0.05) is 47.8 Å². The zero-order valence-electron chi connectivity index (χ0n) is 17.8. The maximum absolute atomic E-state index is 12.7. The molecule has 0 aliphatic carbocycles. The molecule has 0 radical (unpaired) electrons. The first-order chi connectivity index (χ1) is 15.2. The average molecular weight is 515 g/mol. The van der Waals surface area contributed by atoms with Gasteiger partial charge in [-0.25, -0.2) is 0 Å². The van der Waals surface area contributed by atoms with Gasteiger partial charge in [-0.15, -0.1) is 0 Å². The summed E-state index contributed by atoms with van der Waals surface area (Å²) in [7, 11) is 0. The number of nitrogens with zero attached hydrogens (tertiary/aromatic N) is 1. The lowest BCUT2D eigenvalue weighted by atomic mass is 10.1. The average Bonchev–Trinajstić information content (AvgIpc) is 3.02. The Kier molecular flexibility index (Phi) is 8.39. The van der Waals surface area contributed by atoms with E-state index >= 15 is 0 Å². The van der Waals surface area contributed by atoms with E-state index in [0.717, 1.165) is 17.3 Å². The Morgan fingerprint density at radius 3 is 2.44 bits per heavy atom. The number of hydrogen-bond acceptors (Lipinski definition) is 5. The molecule has 2 amide bonds. The molecule has 32 heavy (non-hydrogen) atoms. The molecule has 1 fully saturated rings. The molecule has 1 aliphatic heterocycles. The van der Waals surface area contributed by atoms with Gasteiger partial charge >= 0.3 is 0 Å². The summed E-state index contributed by atoms with van der Waals surface area (Å²) >= 11 is 19.4. The van der Waals surface area contributed by atoms with E-state index in [1.54, 1.807) is 30.3 Å². The Morgan fingerprint density at radius 1 is 1.03 bits per heavy atom. The van der Waals surface area contributed by atoms with E-state index in [1.807, 2.05) is 26.8 Å². The van der Waals surface area contributed by atoms with E-state index in [4.69, 9.17) is 44.3 Å². The highest BCUT2D eigenvalue weighted by Gasteiger charge is 2.37. The van der Waals surface area contributed by atoms with Crippen LogP contribution in [0, 0.1) is 0 Å². The third-order valence-electron chi connectivity index (χ3n) is 4.85. The van der Waals surface area contributed by atoms with Gasteiger partial charge in [0.15, 0.2) is 11.5 Å². The van der Waals surface area contributed by atoms with Crippen molar-refractivity contribution >= 4 is 63.8 Å². The summed E-state index contributed by atoms with van der Waals surface area (Å²) in [4.78, 5) is 26.6. The number of halogens is 3. The molecule has 0 unspecified atom stereocenters. The monoisotopic (exact) mass is 513 g/mol. The SMILES string of the molecule is CCOc1cc(/C=C2/SC(=O)N([C@@H](C)CC)C2=O)cc(Cl)c1OCc1ccc(Cl)c(Cl)c1. The number of ether oxygens (including phenoxy) is 2. The van der Waals surface area contributed by atoms with Gasteiger partial charge in [-0.2, -0.15) is 0 Å². The Hall–Kier alpha value is -1.86. The van der Waals surface area contributed by atoms with Gasteiger partial charge in [0.1, 0.15) is 6.61 Å². The summed E-state index contributed by atoms with van der Waals surface area (Å²) in [6, 6.07) is 8.48. The molecule has 1 heterocycles. The first-order valence-electron chi connectivity index (χ1n) is 10.0. The van der Waals surface area contributed by atoms with Crippen LogP contribution in [-0.4, -0.2) is 28.7 Å². The van der Waals surface area contributed by atoms with E-state index in [9.17, 15) is 9.59 Å². The normalized spacial score (nSPS) is 16.1. The number of thioether (sulfide) groups is 1. The second-order valence-corrected chi connectivity index (χ2v) is 9.32. The van der Waals surface area contributed by atoms with Gasteiger partial charge in [0.25, 0.3) is 11.1 Å². The highest BCUT2D eigenvalue weighted by atomic mass is 35.5. The van der Waals surface area contributed by atoms with Crippen molar-refractivity contribution in [1.29, 1.82) is 0 Å². The van der Waals surface area contributed by atoms with E-state index in [2.05, 4.69) is 0 Å². The predicted molar refractivity (Wildman–Crippen MR) is 131 cm³/mol. The zero-order valence-corrected chi connectivity index (χ0v) is 20.9. The predicted octanol–water partition coefficient (Wildman–Crippen LogP) is 7.46. The van der Waals surface area contributed by atoms with Crippen LogP contribution in [0.3, 0.4) is 0 Å². The maximum atomic E-state index is 12.7. The van der Waals surface area contributed by atoms with Crippen molar-refractivity contribution in [2.45, 2.75) is 39.8 Å². The van der Waals surface area contributed by atoms with Crippen molar-refractivity contribution in [1.82, 2.24) is 4.90 Å². The number of carbonyl (C=O) groups is 2. The molecule has 9 heteroatoms. The second kappa shape index (κ2) is 10.8. The summed E-state index contributed by atoms with van der Waals surface area (Å²) < 4.78 is 11.6. The minimum Gasteiger partial charge on any atom is -0.490 e. The van der Waals surface area contributed by atoms with Gasteiger partial charge in [0.2, 0.25) is 0 Å². The molecule has 1 saturated heterocycles. The van der Waals surface area contributed by atoms with Crippen LogP contribution in [-0.2, 0) is 11.4 Å². The number of rotatable bonds is 8. The topological polar surface area (TPSA) is 55.8 Å². The molecule has 5 nitrogen and oxygen atoms in total. The van der Waals surface area contributed by atoms with Gasteiger partial charge in [0, 0.05) is 6.04 Å². The summed E-state index contributed by atoms with van der Waals surface area (Å²) in [6.45, 7) is 6.24. The van der Waals surface area contributed by atoms with Crippen molar-refractivity contribution in [2.24, 2.45) is 0 Å². The number of amides is 2.